The van der Waals surface area contributed by atoms with Gasteiger partial charge in [-0.2, -0.15) is 0 Å². The van der Waals surface area contributed by atoms with Crippen LogP contribution in [0.2, 0.25) is 0 Å². The predicted molar refractivity (Wildman–Crippen MR) is 43.1 cm³/mol. The zero-order valence-electron chi connectivity index (χ0n) is 6.79. The van der Waals surface area contributed by atoms with Crippen LogP contribution in [-0.2, 0) is 0 Å². The van der Waals surface area contributed by atoms with Crippen molar-refractivity contribution in [3.63, 3.8) is 0 Å². The Hall–Kier alpha value is -0.0800. The van der Waals surface area contributed by atoms with Gasteiger partial charge in [0, 0.05) is 12.6 Å². The van der Waals surface area contributed by atoms with Gasteiger partial charge >= 0.3 is 0 Å². The van der Waals surface area contributed by atoms with Crippen LogP contribution in [0.5, 0.6) is 0 Å². The summed E-state index contributed by atoms with van der Waals surface area (Å²) in [7, 11) is 0. The molecule has 2 heterocycles. The summed E-state index contributed by atoms with van der Waals surface area (Å²) in [6.45, 7) is 7.86. The van der Waals surface area contributed by atoms with Gasteiger partial charge in [0.05, 0.1) is 5.60 Å². The number of aliphatic hydroxyl groups is 1. The number of piperidine rings is 1. The number of hydrogen-bond acceptors (Lipinski definition) is 2. The average Bonchev–Trinajstić information content (AvgIpc) is 2.31. The fourth-order valence-corrected chi connectivity index (χ4v) is 2.27. The van der Waals surface area contributed by atoms with Crippen molar-refractivity contribution in [3.8, 4) is 0 Å². The van der Waals surface area contributed by atoms with Crippen molar-refractivity contribution in [1.29, 1.82) is 0 Å². The van der Waals surface area contributed by atoms with E-state index in [1.807, 2.05) is 0 Å². The van der Waals surface area contributed by atoms with Gasteiger partial charge in [0.2, 0.25) is 0 Å². The van der Waals surface area contributed by atoms with Crippen molar-refractivity contribution >= 4 is 0 Å². The maximum Gasteiger partial charge on any atom is 0.0710 e. The Bertz CT molecular complexity index is 156. The van der Waals surface area contributed by atoms with Crippen LogP contribution in [0.15, 0.2) is 0 Å². The molecule has 0 aromatic heterocycles. The van der Waals surface area contributed by atoms with E-state index in [2.05, 4.69) is 4.90 Å². The molecule has 2 nitrogen and oxygen atoms in total. The van der Waals surface area contributed by atoms with Crippen LogP contribution in [-0.4, -0.2) is 34.7 Å². The lowest BCUT2D eigenvalue weighted by Gasteiger charge is -2.38. The molecule has 2 aliphatic heterocycles. The first-order valence-corrected chi connectivity index (χ1v) is 4.43. The molecule has 62 valence electrons. The summed E-state index contributed by atoms with van der Waals surface area (Å²) in [5.74, 6) is 0. The topological polar surface area (TPSA) is 23.5 Å². The zero-order chi connectivity index (χ0) is 7.90. The summed E-state index contributed by atoms with van der Waals surface area (Å²) >= 11 is 0. The van der Waals surface area contributed by atoms with Gasteiger partial charge in [0.15, 0.2) is 0 Å². The summed E-state index contributed by atoms with van der Waals surface area (Å²) in [4.78, 5) is 2.45. The summed E-state index contributed by atoms with van der Waals surface area (Å²) in [6, 6.07) is 0.568. The van der Waals surface area contributed by atoms with Gasteiger partial charge in [0.25, 0.3) is 0 Å². The fraction of sp³-hybridized carbons (Fsp3) is 0.889. The zero-order valence-corrected chi connectivity index (χ0v) is 6.79. The second-order valence-corrected chi connectivity index (χ2v) is 3.89. The van der Waals surface area contributed by atoms with Crippen molar-refractivity contribution < 1.29 is 5.11 Å². The smallest absolute Gasteiger partial charge is 0.0710 e. The predicted octanol–water partition coefficient (Wildman–Crippen LogP) is 0.687. The Morgan fingerprint density at radius 3 is 3.09 bits per heavy atom. The highest BCUT2D eigenvalue weighted by molar-refractivity contribution is 4.95. The molecule has 0 amide bonds. The van der Waals surface area contributed by atoms with E-state index in [1.165, 1.54) is 19.4 Å². The molecule has 2 radical (unpaired) electrons. The first-order chi connectivity index (χ1) is 5.17. The molecule has 0 aromatic rings. The lowest BCUT2D eigenvalue weighted by molar-refractivity contribution is -0.000190. The van der Waals surface area contributed by atoms with Gasteiger partial charge in [-0.25, -0.2) is 0 Å². The van der Waals surface area contributed by atoms with Gasteiger partial charge < -0.3 is 10.0 Å². The number of hydrogen-bond donors (Lipinski definition) is 1. The molecule has 0 aromatic carbocycles. The summed E-state index contributed by atoms with van der Waals surface area (Å²) in [6.07, 6.45) is 4.01. The number of rotatable bonds is 0. The quantitative estimate of drug-likeness (QED) is 0.553. The van der Waals surface area contributed by atoms with Crippen LogP contribution in [0.4, 0.5) is 0 Å². The Labute approximate surface area is 68.2 Å². The minimum Gasteiger partial charge on any atom is -0.389 e. The molecule has 1 N–H and O–H groups in total. The molecule has 0 aliphatic carbocycles. The highest BCUT2D eigenvalue weighted by Gasteiger charge is 2.36. The van der Waals surface area contributed by atoms with Crippen LogP contribution in [0.25, 0.3) is 0 Å². The highest BCUT2D eigenvalue weighted by Crippen LogP contribution is 2.32. The maximum absolute atomic E-state index is 9.57. The Morgan fingerprint density at radius 1 is 1.45 bits per heavy atom. The molecule has 2 rings (SSSR count). The first kappa shape index (κ1) is 7.56. The van der Waals surface area contributed by atoms with Crippen molar-refractivity contribution in [3.05, 3.63) is 6.92 Å². The Balaban J connectivity index is 2.02. The van der Waals surface area contributed by atoms with Crippen LogP contribution in [0, 0.1) is 6.92 Å². The van der Waals surface area contributed by atoms with Crippen molar-refractivity contribution in [1.82, 2.24) is 4.90 Å². The SMILES string of the molecule is [CH]C1(O)CCN2CCCC2C1. The fourth-order valence-electron chi connectivity index (χ4n) is 2.27. The Kier molecular flexibility index (Phi) is 1.69. The normalized spacial score (nSPS) is 45.8. The average molecular weight is 153 g/mol. The van der Waals surface area contributed by atoms with Crippen LogP contribution in [0.3, 0.4) is 0 Å². The molecule has 0 bridgehead atoms. The van der Waals surface area contributed by atoms with Crippen LogP contribution in [0.1, 0.15) is 25.7 Å². The van der Waals surface area contributed by atoms with Crippen molar-refractivity contribution in [2.45, 2.75) is 37.3 Å². The molecular formula is C9H15NO. The molecule has 2 heteroatoms. The van der Waals surface area contributed by atoms with E-state index >= 15 is 0 Å². The van der Waals surface area contributed by atoms with Gasteiger partial charge in [-0.1, -0.05) is 0 Å². The molecule has 0 saturated carbocycles. The van der Waals surface area contributed by atoms with Crippen LogP contribution < -0.4 is 0 Å². The maximum atomic E-state index is 9.57. The van der Waals surface area contributed by atoms with Crippen LogP contribution >= 0.6 is 0 Å². The van der Waals surface area contributed by atoms with Crippen molar-refractivity contribution in [2.75, 3.05) is 13.1 Å². The molecule has 2 saturated heterocycles. The highest BCUT2D eigenvalue weighted by atomic mass is 16.3. The number of nitrogens with zero attached hydrogens (tertiary/aromatic N) is 1. The molecule has 2 unspecified atom stereocenters. The lowest BCUT2D eigenvalue weighted by atomic mass is 9.88. The van der Waals surface area contributed by atoms with Crippen molar-refractivity contribution in [2.24, 2.45) is 0 Å². The molecule has 11 heavy (non-hydrogen) atoms. The molecule has 0 spiro atoms. The first-order valence-electron chi connectivity index (χ1n) is 4.43. The monoisotopic (exact) mass is 153 g/mol. The van der Waals surface area contributed by atoms with Gasteiger partial charge in [-0.05, 0) is 39.2 Å². The van der Waals surface area contributed by atoms with E-state index in [4.69, 9.17) is 6.92 Å². The van der Waals surface area contributed by atoms with E-state index < -0.39 is 5.60 Å². The lowest BCUT2D eigenvalue weighted by Crippen LogP contribution is -2.46. The summed E-state index contributed by atoms with van der Waals surface area (Å²) in [5, 5.41) is 9.57. The molecular weight excluding hydrogens is 138 g/mol. The van der Waals surface area contributed by atoms with E-state index in [9.17, 15) is 5.11 Å². The van der Waals surface area contributed by atoms with E-state index in [-0.39, 0.29) is 0 Å². The van der Waals surface area contributed by atoms with E-state index in [1.54, 1.807) is 0 Å². The van der Waals surface area contributed by atoms with Gasteiger partial charge in [-0.15, -0.1) is 0 Å². The summed E-state index contributed by atoms with van der Waals surface area (Å²) < 4.78 is 0. The van der Waals surface area contributed by atoms with Gasteiger partial charge in [-0.3, -0.25) is 0 Å². The molecule has 2 aliphatic rings. The third-order valence-corrected chi connectivity index (χ3v) is 2.92. The standard InChI is InChI=1S/C9H15NO/c1-9(11)4-6-10-5-2-3-8(10)7-9/h1,8,11H,2-7H2. The molecule has 2 atom stereocenters. The minimum atomic E-state index is -0.870. The minimum absolute atomic E-state index is 0.568. The number of fused-ring (bicyclic) bond motifs is 1. The third kappa shape index (κ3) is 1.42. The summed E-state index contributed by atoms with van der Waals surface area (Å²) in [5.41, 5.74) is -0.870. The van der Waals surface area contributed by atoms with E-state index in [0.717, 1.165) is 19.4 Å². The van der Waals surface area contributed by atoms with E-state index in [0.29, 0.717) is 6.04 Å². The Morgan fingerprint density at radius 2 is 2.27 bits per heavy atom. The second kappa shape index (κ2) is 2.46. The second-order valence-electron chi connectivity index (χ2n) is 3.89. The largest absolute Gasteiger partial charge is 0.389 e. The van der Waals surface area contributed by atoms with Gasteiger partial charge in [0.1, 0.15) is 0 Å². The molecule has 2 fully saturated rings. The third-order valence-electron chi connectivity index (χ3n) is 2.92.